The molecule has 58 heavy (non-hydrogen) atoms. The number of carbonyl (C=O) groups excluding carboxylic acids is 2. The summed E-state index contributed by atoms with van der Waals surface area (Å²) in [7, 11) is 0. The molecule has 5 heteroatoms. The van der Waals surface area contributed by atoms with Crippen LogP contribution in [0.3, 0.4) is 0 Å². The summed E-state index contributed by atoms with van der Waals surface area (Å²) < 4.78 is 17.2. The van der Waals surface area contributed by atoms with Gasteiger partial charge in [0, 0.05) is 12.8 Å². The fourth-order valence-corrected chi connectivity index (χ4v) is 5.60. The lowest BCUT2D eigenvalue weighted by molar-refractivity contribution is -0.162. The summed E-state index contributed by atoms with van der Waals surface area (Å²) in [5.74, 6) is -0.510. The lowest BCUT2D eigenvalue weighted by Gasteiger charge is -2.18. The first-order chi connectivity index (χ1) is 28.6. The molecule has 1 unspecified atom stereocenters. The van der Waals surface area contributed by atoms with Gasteiger partial charge in [0.1, 0.15) is 6.61 Å². The Labute approximate surface area is 356 Å². The zero-order valence-electron chi connectivity index (χ0n) is 37.3. The highest BCUT2D eigenvalue weighted by Gasteiger charge is 2.17. The van der Waals surface area contributed by atoms with Gasteiger partial charge in [-0.3, -0.25) is 9.59 Å². The van der Waals surface area contributed by atoms with Crippen LogP contribution in [0.5, 0.6) is 0 Å². The number of esters is 2. The molecule has 0 saturated heterocycles. The second kappa shape index (κ2) is 47.7. The Balaban J connectivity index is 4.48. The minimum Gasteiger partial charge on any atom is -0.462 e. The van der Waals surface area contributed by atoms with Crippen LogP contribution in [-0.4, -0.2) is 37.9 Å². The number of carbonyl (C=O) groups is 2. The fourth-order valence-electron chi connectivity index (χ4n) is 5.60. The fraction of sp³-hybridized carbons (Fsp3) is 0.585. The SMILES string of the molecule is CC/C=C\C/C=C\C/C=C\C/C=C\C/C=C\CCOCC(COC(=O)CCCC/C=C\C/C=C\C/C=C\C/C=C\CC)OC(=O)CCCCCCC/C=C\CCCC. The van der Waals surface area contributed by atoms with Crippen molar-refractivity contribution in [3.63, 3.8) is 0 Å². The zero-order valence-corrected chi connectivity index (χ0v) is 37.3. The second-order valence-electron chi connectivity index (χ2n) is 14.5. The third-order valence-electron chi connectivity index (χ3n) is 8.98. The van der Waals surface area contributed by atoms with Crippen molar-refractivity contribution in [1.82, 2.24) is 0 Å². The predicted molar refractivity (Wildman–Crippen MR) is 251 cm³/mol. The Hall–Kier alpha value is -3.70. The molecular formula is C53H84O5. The molecule has 0 spiro atoms. The summed E-state index contributed by atoms with van der Waals surface area (Å²) in [5, 5.41) is 0. The van der Waals surface area contributed by atoms with Gasteiger partial charge in [-0.15, -0.1) is 0 Å². The summed E-state index contributed by atoms with van der Waals surface area (Å²) >= 11 is 0. The number of ether oxygens (including phenoxy) is 3. The first-order valence-corrected chi connectivity index (χ1v) is 23.1. The van der Waals surface area contributed by atoms with Crippen LogP contribution in [0, 0.1) is 0 Å². The number of allylic oxidation sites excluding steroid dienone is 19. The van der Waals surface area contributed by atoms with Crippen LogP contribution in [0.1, 0.15) is 175 Å². The first-order valence-electron chi connectivity index (χ1n) is 23.1. The number of hydrogen-bond acceptors (Lipinski definition) is 5. The molecule has 0 aromatic carbocycles. The van der Waals surface area contributed by atoms with Crippen molar-refractivity contribution < 1.29 is 23.8 Å². The highest BCUT2D eigenvalue weighted by atomic mass is 16.6. The molecule has 0 aliphatic heterocycles. The Morgan fingerprint density at radius 3 is 1.29 bits per heavy atom. The topological polar surface area (TPSA) is 61.8 Å². The van der Waals surface area contributed by atoms with E-state index in [2.05, 4.69) is 142 Å². The second-order valence-corrected chi connectivity index (χ2v) is 14.5. The van der Waals surface area contributed by atoms with E-state index < -0.39 is 6.10 Å². The molecule has 0 aliphatic carbocycles. The molecular weight excluding hydrogens is 717 g/mol. The van der Waals surface area contributed by atoms with Crippen molar-refractivity contribution in [2.45, 2.75) is 181 Å². The molecule has 0 aliphatic rings. The molecule has 0 rings (SSSR count). The maximum atomic E-state index is 12.7. The molecule has 5 nitrogen and oxygen atoms in total. The number of unbranched alkanes of at least 4 members (excludes halogenated alkanes) is 9. The molecule has 326 valence electrons. The van der Waals surface area contributed by atoms with Crippen LogP contribution in [0.4, 0.5) is 0 Å². The van der Waals surface area contributed by atoms with Crippen molar-refractivity contribution in [2.75, 3.05) is 19.8 Å². The quantitative estimate of drug-likeness (QED) is 0.0351. The van der Waals surface area contributed by atoms with Gasteiger partial charge in [0.05, 0.1) is 13.2 Å². The third-order valence-corrected chi connectivity index (χ3v) is 8.98. The van der Waals surface area contributed by atoms with Crippen LogP contribution in [0.15, 0.2) is 122 Å². The normalized spacial score (nSPS) is 13.4. The highest BCUT2D eigenvalue weighted by molar-refractivity contribution is 5.70. The Morgan fingerprint density at radius 1 is 0.397 bits per heavy atom. The maximum Gasteiger partial charge on any atom is 0.306 e. The molecule has 0 aromatic heterocycles. The van der Waals surface area contributed by atoms with Gasteiger partial charge < -0.3 is 14.2 Å². The summed E-state index contributed by atoms with van der Waals surface area (Å²) in [6, 6.07) is 0. The van der Waals surface area contributed by atoms with Gasteiger partial charge in [0.25, 0.3) is 0 Å². The minimum atomic E-state index is -0.603. The van der Waals surface area contributed by atoms with E-state index >= 15 is 0 Å². The van der Waals surface area contributed by atoms with Crippen LogP contribution in [-0.2, 0) is 23.8 Å². The number of hydrogen-bond donors (Lipinski definition) is 0. The van der Waals surface area contributed by atoms with Gasteiger partial charge in [-0.2, -0.15) is 0 Å². The lowest BCUT2D eigenvalue weighted by atomic mass is 10.1. The Morgan fingerprint density at radius 2 is 0.776 bits per heavy atom. The van der Waals surface area contributed by atoms with Crippen molar-refractivity contribution >= 4 is 11.9 Å². The molecule has 0 N–H and O–H groups in total. The largest absolute Gasteiger partial charge is 0.462 e. The smallest absolute Gasteiger partial charge is 0.306 e. The standard InChI is InChI=1S/C53H84O5/c1-4-7-10-13-16-19-22-24-26-28-30-33-36-39-42-45-48-56-49-51(58-53(55)47-44-41-38-35-31-21-18-15-12-9-6-3)50-57-52(54)46-43-40-37-34-32-29-27-25-23-20-17-14-11-8-5-2/h7-8,10-11,15-20,24-27,30,32-34,39,42,51H,4-6,9,12-14,21-23,28-29,31,35-38,40-41,43-50H2,1-3H3/b10-7-,11-8-,18-15-,19-16-,20-17-,26-24-,27-25-,33-30-,34-32-,42-39-. The van der Waals surface area contributed by atoms with Crippen molar-refractivity contribution in [3.8, 4) is 0 Å². The van der Waals surface area contributed by atoms with E-state index in [4.69, 9.17) is 14.2 Å². The molecule has 0 fully saturated rings. The molecule has 0 bridgehead atoms. The molecule has 0 saturated carbocycles. The Kier molecular flexibility index (Phi) is 44.6. The molecule has 0 radical (unpaired) electrons. The van der Waals surface area contributed by atoms with Crippen LogP contribution < -0.4 is 0 Å². The summed E-state index contributed by atoms with van der Waals surface area (Å²) in [4.78, 5) is 25.2. The van der Waals surface area contributed by atoms with E-state index in [1.165, 1.54) is 32.1 Å². The molecule has 0 aromatic rings. The van der Waals surface area contributed by atoms with Crippen LogP contribution in [0.2, 0.25) is 0 Å². The van der Waals surface area contributed by atoms with E-state index in [0.717, 1.165) is 109 Å². The average molecular weight is 801 g/mol. The summed E-state index contributed by atoms with van der Waals surface area (Å²) in [5.41, 5.74) is 0. The maximum absolute atomic E-state index is 12.7. The van der Waals surface area contributed by atoms with Crippen LogP contribution >= 0.6 is 0 Å². The molecule has 0 amide bonds. The highest BCUT2D eigenvalue weighted by Crippen LogP contribution is 2.11. The summed E-state index contributed by atoms with van der Waals surface area (Å²) in [6.45, 7) is 7.27. The third kappa shape index (κ3) is 45.0. The van der Waals surface area contributed by atoms with Crippen molar-refractivity contribution in [3.05, 3.63) is 122 Å². The van der Waals surface area contributed by atoms with E-state index in [0.29, 0.717) is 19.4 Å². The van der Waals surface area contributed by atoms with E-state index in [9.17, 15) is 9.59 Å². The van der Waals surface area contributed by atoms with Crippen molar-refractivity contribution in [1.29, 1.82) is 0 Å². The van der Waals surface area contributed by atoms with E-state index in [-0.39, 0.29) is 25.2 Å². The van der Waals surface area contributed by atoms with E-state index in [1.54, 1.807) is 0 Å². The van der Waals surface area contributed by atoms with Gasteiger partial charge in [0.15, 0.2) is 6.10 Å². The van der Waals surface area contributed by atoms with Crippen molar-refractivity contribution in [2.24, 2.45) is 0 Å². The summed E-state index contributed by atoms with van der Waals surface area (Å²) in [6.07, 6.45) is 66.5. The van der Waals surface area contributed by atoms with Gasteiger partial charge in [-0.25, -0.2) is 0 Å². The monoisotopic (exact) mass is 801 g/mol. The first kappa shape index (κ1) is 54.3. The van der Waals surface area contributed by atoms with Gasteiger partial charge in [-0.1, -0.05) is 174 Å². The van der Waals surface area contributed by atoms with Gasteiger partial charge in [-0.05, 0) is 109 Å². The average Bonchev–Trinajstić information content (AvgIpc) is 3.22. The van der Waals surface area contributed by atoms with Gasteiger partial charge >= 0.3 is 11.9 Å². The van der Waals surface area contributed by atoms with E-state index in [1.807, 2.05) is 0 Å². The zero-order chi connectivity index (χ0) is 42.1. The molecule has 1 atom stereocenters. The number of rotatable bonds is 40. The Bertz CT molecular complexity index is 1220. The predicted octanol–water partition coefficient (Wildman–Crippen LogP) is 15.4. The van der Waals surface area contributed by atoms with Gasteiger partial charge in [0.2, 0.25) is 0 Å². The van der Waals surface area contributed by atoms with Crippen LogP contribution in [0.25, 0.3) is 0 Å². The molecule has 0 heterocycles. The lowest BCUT2D eigenvalue weighted by Crippen LogP contribution is -2.30. The minimum absolute atomic E-state index is 0.0227.